The van der Waals surface area contributed by atoms with Crippen molar-refractivity contribution in [2.45, 2.75) is 26.5 Å². The number of aliphatic hydroxyl groups excluding tert-OH is 1. The number of nitrogens with zero attached hydrogens (tertiary/aromatic N) is 3. The zero-order valence-corrected chi connectivity index (χ0v) is 15.9. The Morgan fingerprint density at radius 2 is 2.33 bits per heavy atom. The van der Waals surface area contributed by atoms with Crippen molar-refractivity contribution < 1.29 is 14.6 Å². The molecule has 27 heavy (non-hydrogen) atoms. The van der Waals surface area contributed by atoms with Crippen LogP contribution in [-0.2, 0) is 11.3 Å². The first-order valence-corrected chi connectivity index (χ1v) is 9.23. The van der Waals surface area contributed by atoms with Crippen LogP contribution >= 0.6 is 11.3 Å². The number of hydrogen-bond donors (Lipinski definition) is 1. The number of aliphatic hydroxyl groups is 1. The summed E-state index contributed by atoms with van der Waals surface area (Å²) >= 11 is 1.26. The first-order chi connectivity index (χ1) is 12.9. The van der Waals surface area contributed by atoms with Crippen LogP contribution in [0.4, 0.5) is 0 Å². The number of fused-ring (bicyclic) bond motifs is 1. The van der Waals surface area contributed by atoms with Gasteiger partial charge in [0.25, 0.3) is 0 Å². The smallest absolute Gasteiger partial charge is 0.350 e. The Balaban J connectivity index is 2.02. The van der Waals surface area contributed by atoms with Gasteiger partial charge in [0, 0.05) is 29.2 Å². The van der Waals surface area contributed by atoms with Gasteiger partial charge in [0.2, 0.25) is 0 Å². The Morgan fingerprint density at radius 1 is 1.56 bits per heavy atom. The van der Waals surface area contributed by atoms with Crippen molar-refractivity contribution >= 4 is 28.2 Å². The second kappa shape index (κ2) is 7.74. The largest absolute Gasteiger partial charge is 0.457 e. The number of thiazole rings is 1. The van der Waals surface area contributed by atoms with E-state index in [1.807, 2.05) is 22.8 Å². The second-order valence-electron chi connectivity index (χ2n) is 6.21. The number of carbonyl (C=O) groups is 1. The predicted octanol–water partition coefficient (Wildman–Crippen LogP) is 3.67. The van der Waals surface area contributed by atoms with Crippen molar-refractivity contribution in [3.63, 3.8) is 0 Å². The standard InChI is InChI=1S/C20H19N3O3S/c1-4-7-26-20(25)18-13(3)22-19(27-18)14-5-6-17-16(8-14)15(9-21)11-23(17)10-12(2)24/h4-6,8,11-12,24H,1,7,10H2,2-3H3. The van der Waals surface area contributed by atoms with Crippen molar-refractivity contribution in [3.05, 3.63) is 53.2 Å². The van der Waals surface area contributed by atoms with Gasteiger partial charge in [-0.2, -0.15) is 5.26 Å². The van der Waals surface area contributed by atoms with Crippen molar-refractivity contribution in [3.8, 4) is 16.6 Å². The first kappa shape index (κ1) is 18.8. The minimum absolute atomic E-state index is 0.153. The minimum Gasteiger partial charge on any atom is -0.457 e. The third-order valence-electron chi connectivity index (χ3n) is 4.02. The van der Waals surface area contributed by atoms with Gasteiger partial charge in [-0.3, -0.25) is 0 Å². The molecule has 0 aliphatic rings. The van der Waals surface area contributed by atoms with Gasteiger partial charge in [-0.1, -0.05) is 12.7 Å². The summed E-state index contributed by atoms with van der Waals surface area (Å²) in [4.78, 5) is 17.1. The Kier molecular flexibility index (Phi) is 5.40. The number of esters is 1. The molecule has 1 N–H and O–H groups in total. The van der Waals surface area contributed by atoms with Crippen molar-refractivity contribution in [2.24, 2.45) is 0 Å². The first-order valence-electron chi connectivity index (χ1n) is 8.41. The lowest BCUT2D eigenvalue weighted by Gasteiger charge is -2.07. The molecule has 3 aromatic rings. The minimum atomic E-state index is -0.516. The maximum absolute atomic E-state index is 12.1. The number of benzene rings is 1. The number of aromatic nitrogens is 2. The number of rotatable bonds is 6. The van der Waals surface area contributed by atoms with Crippen LogP contribution < -0.4 is 0 Å². The van der Waals surface area contributed by atoms with Crippen molar-refractivity contribution in [1.82, 2.24) is 9.55 Å². The molecule has 2 aromatic heterocycles. The summed E-state index contributed by atoms with van der Waals surface area (Å²) < 4.78 is 6.97. The number of carbonyl (C=O) groups excluding carboxylic acids is 1. The Labute approximate surface area is 161 Å². The Bertz CT molecular complexity index is 1060. The Hall–Kier alpha value is -2.95. The lowest BCUT2D eigenvalue weighted by Crippen LogP contribution is -2.10. The molecular weight excluding hydrogens is 362 g/mol. The molecular formula is C20H19N3O3S. The molecule has 0 aliphatic heterocycles. The molecule has 3 rings (SSSR count). The average Bonchev–Trinajstić information content (AvgIpc) is 3.19. The molecule has 7 heteroatoms. The summed E-state index contributed by atoms with van der Waals surface area (Å²) in [6, 6.07) is 7.89. The SMILES string of the molecule is C=CCOC(=O)c1sc(-c2ccc3c(c2)c(C#N)cn3CC(C)O)nc1C. The van der Waals surface area contributed by atoms with Gasteiger partial charge in [0.15, 0.2) is 0 Å². The fraction of sp³-hybridized carbons (Fsp3) is 0.250. The van der Waals surface area contributed by atoms with Crippen molar-refractivity contribution in [1.29, 1.82) is 5.26 Å². The zero-order chi connectivity index (χ0) is 19.6. The molecule has 2 heterocycles. The molecule has 0 fully saturated rings. The van der Waals surface area contributed by atoms with E-state index in [0.29, 0.717) is 27.7 Å². The van der Waals surface area contributed by atoms with Gasteiger partial charge in [-0.05, 0) is 32.0 Å². The van der Waals surface area contributed by atoms with Gasteiger partial charge in [0.05, 0.1) is 17.4 Å². The molecule has 0 bridgehead atoms. The topological polar surface area (TPSA) is 88.1 Å². The molecule has 0 saturated heterocycles. The molecule has 0 saturated carbocycles. The Morgan fingerprint density at radius 3 is 3.00 bits per heavy atom. The molecule has 0 spiro atoms. The van der Waals surface area contributed by atoms with E-state index in [0.717, 1.165) is 16.5 Å². The summed E-state index contributed by atoms with van der Waals surface area (Å²) in [5, 5.41) is 20.6. The quantitative estimate of drug-likeness (QED) is 0.520. The number of aryl methyl sites for hydroxylation is 1. The monoisotopic (exact) mass is 381 g/mol. The predicted molar refractivity (Wildman–Crippen MR) is 105 cm³/mol. The van der Waals surface area contributed by atoms with Crippen LogP contribution in [0.15, 0.2) is 37.1 Å². The maximum Gasteiger partial charge on any atom is 0.350 e. The van der Waals surface area contributed by atoms with Crippen molar-refractivity contribution in [2.75, 3.05) is 6.61 Å². The van der Waals surface area contributed by atoms with Crippen LogP contribution in [0, 0.1) is 18.3 Å². The second-order valence-corrected chi connectivity index (χ2v) is 7.21. The fourth-order valence-corrected chi connectivity index (χ4v) is 3.82. The summed E-state index contributed by atoms with van der Waals surface area (Å²) in [6.45, 7) is 7.57. The van der Waals surface area contributed by atoms with E-state index in [-0.39, 0.29) is 6.61 Å². The molecule has 138 valence electrons. The van der Waals surface area contributed by atoms with E-state index < -0.39 is 12.1 Å². The van der Waals surface area contributed by atoms with E-state index >= 15 is 0 Å². The molecule has 6 nitrogen and oxygen atoms in total. The fourth-order valence-electron chi connectivity index (χ4n) is 2.86. The van der Waals surface area contributed by atoms with E-state index in [1.54, 1.807) is 20.0 Å². The third kappa shape index (κ3) is 3.77. The van der Waals surface area contributed by atoms with Gasteiger partial charge < -0.3 is 14.4 Å². The molecule has 1 atom stereocenters. The van der Waals surface area contributed by atoms with Crippen LogP contribution in [0.1, 0.15) is 27.9 Å². The van der Waals surface area contributed by atoms with Crippen LogP contribution in [-0.4, -0.2) is 33.3 Å². The number of ether oxygens (including phenoxy) is 1. The van der Waals surface area contributed by atoms with Crippen LogP contribution in [0.3, 0.4) is 0 Å². The summed E-state index contributed by atoms with van der Waals surface area (Å²) in [6.07, 6.45) is 2.74. The van der Waals surface area contributed by atoms with Gasteiger partial charge >= 0.3 is 5.97 Å². The van der Waals surface area contributed by atoms with E-state index in [4.69, 9.17) is 4.74 Å². The van der Waals surface area contributed by atoms with Crippen LogP contribution in [0.25, 0.3) is 21.5 Å². The molecule has 1 unspecified atom stereocenters. The highest BCUT2D eigenvalue weighted by molar-refractivity contribution is 7.17. The molecule has 0 amide bonds. The highest BCUT2D eigenvalue weighted by Crippen LogP contribution is 2.32. The lowest BCUT2D eigenvalue weighted by atomic mass is 10.1. The van der Waals surface area contributed by atoms with Gasteiger partial charge in [-0.15, -0.1) is 11.3 Å². The molecule has 0 aliphatic carbocycles. The number of hydrogen-bond acceptors (Lipinski definition) is 6. The average molecular weight is 381 g/mol. The summed E-state index contributed by atoms with van der Waals surface area (Å²) in [7, 11) is 0. The summed E-state index contributed by atoms with van der Waals surface area (Å²) in [5.74, 6) is -0.418. The third-order valence-corrected chi connectivity index (χ3v) is 5.21. The molecule has 0 radical (unpaired) electrons. The van der Waals surface area contributed by atoms with E-state index in [9.17, 15) is 15.2 Å². The normalized spacial score (nSPS) is 11.9. The van der Waals surface area contributed by atoms with Gasteiger partial charge in [0.1, 0.15) is 22.6 Å². The highest BCUT2D eigenvalue weighted by atomic mass is 32.1. The van der Waals surface area contributed by atoms with Crippen LogP contribution in [0.5, 0.6) is 0 Å². The summed E-state index contributed by atoms with van der Waals surface area (Å²) in [5.41, 5.74) is 2.84. The van der Waals surface area contributed by atoms with E-state index in [2.05, 4.69) is 17.6 Å². The maximum atomic E-state index is 12.1. The zero-order valence-electron chi connectivity index (χ0n) is 15.1. The van der Waals surface area contributed by atoms with Crippen LogP contribution in [0.2, 0.25) is 0 Å². The van der Waals surface area contributed by atoms with Gasteiger partial charge in [-0.25, -0.2) is 9.78 Å². The van der Waals surface area contributed by atoms with E-state index in [1.165, 1.54) is 17.4 Å². The highest BCUT2D eigenvalue weighted by Gasteiger charge is 2.18. The number of nitriles is 1. The lowest BCUT2D eigenvalue weighted by molar-refractivity contribution is 0.0554. The molecule has 1 aromatic carbocycles.